The highest BCUT2D eigenvalue weighted by Gasteiger charge is 2.31. The molecule has 190 valence electrons. The van der Waals surface area contributed by atoms with Crippen LogP contribution >= 0.6 is 23.2 Å². The van der Waals surface area contributed by atoms with E-state index in [1.807, 2.05) is 25.1 Å². The summed E-state index contributed by atoms with van der Waals surface area (Å²) in [5.74, 6) is 0.290. The highest BCUT2D eigenvalue weighted by molar-refractivity contribution is 7.89. The second-order valence-corrected chi connectivity index (χ2v) is 12.1. The maximum absolute atomic E-state index is 13.6. The van der Waals surface area contributed by atoms with E-state index >= 15 is 0 Å². The number of carbonyl (C=O) groups excluding carboxylic acids is 1. The van der Waals surface area contributed by atoms with Crippen LogP contribution in [0, 0.1) is 12.8 Å². The number of piperidine rings is 1. The van der Waals surface area contributed by atoms with E-state index in [1.165, 1.54) is 9.87 Å². The van der Waals surface area contributed by atoms with Crippen LogP contribution in [0.5, 0.6) is 0 Å². The molecular weight excluding hydrogens is 515 g/mol. The van der Waals surface area contributed by atoms with Crippen molar-refractivity contribution in [3.63, 3.8) is 0 Å². The van der Waals surface area contributed by atoms with Crippen molar-refractivity contribution in [2.45, 2.75) is 37.6 Å². The zero-order chi connectivity index (χ0) is 25.7. The zero-order valence-corrected chi connectivity index (χ0v) is 22.6. The number of rotatable bonds is 8. The lowest BCUT2D eigenvalue weighted by molar-refractivity contribution is -0.132. The molecule has 0 spiro atoms. The number of benzene rings is 3. The van der Waals surface area contributed by atoms with Gasteiger partial charge in [-0.25, -0.2) is 8.42 Å². The molecule has 3 aromatic rings. The Balaban J connectivity index is 1.50. The third kappa shape index (κ3) is 6.48. The molecule has 8 heteroatoms. The Labute approximate surface area is 223 Å². The van der Waals surface area contributed by atoms with E-state index in [-0.39, 0.29) is 23.9 Å². The molecule has 0 aliphatic carbocycles. The van der Waals surface area contributed by atoms with Crippen molar-refractivity contribution in [1.29, 1.82) is 0 Å². The number of carbonyl (C=O) groups is 1. The Morgan fingerprint density at radius 3 is 2.14 bits per heavy atom. The molecule has 0 saturated carbocycles. The number of likely N-dealkylation sites (tertiary alicyclic amines) is 1. The summed E-state index contributed by atoms with van der Waals surface area (Å²) < 4.78 is 28.4. The van der Waals surface area contributed by atoms with Crippen molar-refractivity contribution in [3.05, 3.63) is 99.5 Å². The third-order valence-electron chi connectivity index (χ3n) is 6.70. The Kier molecular flexibility index (Phi) is 8.73. The summed E-state index contributed by atoms with van der Waals surface area (Å²) in [5.41, 5.74) is 2.73. The largest absolute Gasteiger partial charge is 0.342 e. The summed E-state index contributed by atoms with van der Waals surface area (Å²) in [6.45, 7) is 2.75. The Bertz CT molecular complexity index is 1270. The van der Waals surface area contributed by atoms with Crippen molar-refractivity contribution in [1.82, 2.24) is 9.21 Å². The van der Waals surface area contributed by atoms with Gasteiger partial charge in [0.2, 0.25) is 15.9 Å². The quantitative estimate of drug-likeness (QED) is 0.350. The number of hydrogen-bond acceptors (Lipinski definition) is 3. The molecule has 1 heterocycles. The van der Waals surface area contributed by atoms with E-state index in [2.05, 4.69) is 12.1 Å². The van der Waals surface area contributed by atoms with Gasteiger partial charge in [0.25, 0.3) is 0 Å². The summed E-state index contributed by atoms with van der Waals surface area (Å²) in [6, 6.07) is 22.0. The molecule has 1 aliphatic heterocycles. The van der Waals surface area contributed by atoms with Gasteiger partial charge in [-0.05, 0) is 61.9 Å². The first-order chi connectivity index (χ1) is 17.2. The Morgan fingerprint density at radius 2 is 1.53 bits per heavy atom. The average Bonchev–Trinajstić information content (AvgIpc) is 2.87. The minimum atomic E-state index is -3.97. The van der Waals surface area contributed by atoms with Crippen molar-refractivity contribution >= 4 is 39.1 Å². The molecule has 36 heavy (non-hydrogen) atoms. The minimum Gasteiger partial charge on any atom is -0.342 e. The van der Waals surface area contributed by atoms with Gasteiger partial charge in [-0.1, -0.05) is 77.3 Å². The first-order valence-electron chi connectivity index (χ1n) is 12.1. The van der Waals surface area contributed by atoms with Gasteiger partial charge in [0.05, 0.1) is 11.4 Å². The lowest BCUT2D eigenvalue weighted by Gasteiger charge is -2.33. The van der Waals surface area contributed by atoms with Gasteiger partial charge in [0.1, 0.15) is 0 Å². The van der Waals surface area contributed by atoms with Crippen LogP contribution in [0.15, 0.2) is 77.7 Å². The SMILES string of the molecule is Cc1ccc(S(=O)(=O)N(CC(=O)N2CCC(Cc3ccccc3)CC2)Cc2c(Cl)cccc2Cl)cc1. The van der Waals surface area contributed by atoms with Crippen LogP contribution in [-0.4, -0.2) is 43.2 Å². The smallest absolute Gasteiger partial charge is 0.243 e. The van der Waals surface area contributed by atoms with E-state index < -0.39 is 10.0 Å². The van der Waals surface area contributed by atoms with Crippen molar-refractivity contribution in [2.24, 2.45) is 5.92 Å². The van der Waals surface area contributed by atoms with Gasteiger partial charge in [0, 0.05) is 35.2 Å². The lowest BCUT2D eigenvalue weighted by Crippen LogP contribution is -2.45. The van der Waals surface area contributed by atoms with Gasteiger partial charge in [-0.15, -0.1) is 0 Å². The number of nitrogens with zero attached hydrogens (tertiary/aromatic N) is 2. The van der Waals surface area contributed by atoms with E-state index in [0.29, 0.717) is 34.6 Å². The molecular formula is C28H30Cl2N2O3S. The van der Waals surface area contributed by atoms with E-state index in [1.54, 1.807) is 47.4 Å². The number of amides is 1. The topological polar surface area (TPSA) is 57.7 Å². The lowest BCUT2D eigenvalue weighted by atomic mass is 9.90. The van der Waals surface area contributed by atoms with Gasteiger partial charge in [0.15, 0.2) is 0 Å². The summed E-state index contributed by atoms with van der Waals surface area (Å²) in [6.07, 6.45) is 2.77. The molecule has 1 aliphatic rings. The second-order valence-electron chi connectivity index (χ2n) is 9.30. The van der Waals surface area contributed by atoms with Gasteiger partial charge < -0.3 is 4.90 Å². The predicted molar refractivity (Wildman–Crippen MR) is 145 cm³/mol. The van der Waals surface area contributed by atoms with Crippen LogP contribution in [0.25, 0.3) is 0 Å². The third-order valence-corrected chi connectivity index (χ3v) is 9.22. The maximum atomic E-state index is 13.6. The van der Waals surface area contributed by atoms with Crippen LogP contribution < -0.4 is 0 Å². The number of aryl methyl sites for hydroxylation is 1. The van der Waals surface area contributed by atoms with Gasteiger partial charge >= 0.3 is 0 Å². The summed E-state index contributed by atoms with van der Waals surface area (Å²) in [7, 11) is -3.97. The maximum Gasteiger partial charge on any atom is 0.243 e. The molecule has 0 aromatic heterocycles. The summed E-state index contributed by atoms with van der Waals surface area (Å²) in [5, 5.41) is 0.724. The van der Waals surface area contributed by atoms with Crippen LogP contribution in [0.2, 0.25) is 10.0 Å². The molecule has 0 unspecified atom stereocenters. The van der Waals surface area contributed by atoms with Crippen LogP contribution in [-0.2, 0) is 27.8 Å². The van der Waals surface area contributed by atoms with Crippen LogP contribution in [0.1, 0.15) is 29.5 Å². The fourth-order valence-corrected chi connectivity index (χ4v) is 6.40. The number of hydrogen-bond donors (Lipinski definition) is 0. The summed E-state index contributed by atoms with van der Waals surface area (Å²) >= 11 is 12.7. The highest BCUT2D eigenvalue weighted by Crippen LogP contribution is 2.29. The standard InChI is InChI=1S/C28H30Cl2N2O3S/c1-21-10-12-24(13-11-21)36(34,35)32(19-25-26(29)8-5-9-27(25)30)20-28(33)31-16-14-23(15-17-31)18-22-6-3-2-4-7-22/h2-13,23H,14-20H2,1H3. The van der Waals surface area contributed by atoms with E-state index in [0.717, 1.165) is 24.8 Å². The number of sulfonamides is 1. The van der Waals surface area contributed by atoms with Gasteiger partial charge in [-0.3, -0.25) is 4.79 Å². The Morgan fingerprint density at radius 1 is 0.917 bits per heavy atom. The molecule has 1 amide bonds. The van der Waals surface area contributed by atoms with E-state index in [4.69, 9.17) is 23.2 Å². The fraction of sp³-hybridized carbons (Fsp3) is 0.321. The van der Waals surface area contributed by atoms with Crippen LogP contribution in [0.3, 0.4) is 0 Å². The average molecular weight is 546 g/mol. The zero-order valence-electron chi connectivity index (χ0n) is 20.2. The Hall–Kier alpha value is -2.38. The van der Waals surface area contributed by atoms with E-state index in [9.17, 15) is 13.2 Å². The molecule has 1 saturated heterocycles. The monoisotopic (exact) mass is 544 g/mol. The predicted octanol–water partition coefficient (Wildman–Crippen LogP) is 5.97. The van der Waals surface area contributed by atoms with Crippen molar-refractivity contribution in [3.8, 4) is 0 Å². The first-order valence-corrected chi connectivity index (χ1v) is 14.2. The first kappa shape index (κ1) is 26.7. The van der Waals surface area contributed by atoms with Gasteiger partial charge in [-0.2, -0.15) is 4.31 Å². The summed E-state index contributed by atoms with van der Waals surface area (Å²) in [4.78, 5) is 15.2. The molecule has 4 rings (SSSR count). The number of halogens is 2. The molecule has 1 fully saturated rings. The minimum absolute atomic E-state index is 0.0923. The second kappa shape index (κ2) is 11.8. The molecule has 0 atom stereocenters. The van der Waals surface area contributed by atoms with Crippen molar-refractivity contribution < 1.29 is 13.2 Å². The fourth-order valence-electron chi connectivity index (χ4n) is 4.53. The molecule has 0 radical (unpaired) electrons. The highest BCUT2D eigenvalue weighted by atomic mass is 35.5. The normalized spacial score (nSPS) is 14.8. The molecule has 0 bridgehead atoms. The van der Waals surface area contributed by atoms with Crippen molar-refractivity contribution in [2.75, 3.05) is 19.6 Å². The van der Waals surface area contributed by atoms with Crippen LogP contribution in [0.4, 0.5) is 0 Å². The molecule has 3 aromatic carbocycles. The molecule has 5 nitrogen and oxygen atoms in total. The molecule has 0 N–H and O–H groups in total.